The zero-order valence-electron chi connectivity index (χ0n) is 11.2. The van der Waals surface area contributed by atoms with Gasteiger partial charge in [0.2, 0.25) is 5.91 Å². The van der Waals surface area contributed by atoms with Gasteiger partial charge in [-0.1, -0.05) is 0 Å². The Hall–Kier alpha value is -1.36. The van der Waals surface area contributed by atoms with E-state index in [9.17, 15) is 4.79 Å². The van der Waals surface area contributed by atoms with Crippen LogP contribution in [0.25, 0.3) is 0 Å². The number of carbonyl (C=O) groups excluding carboxylic acids is 1. The molecule has 5 heteroatoms. The number of nitrogens with zero attached hydrogens (tertiary/aromatic N) is 3. The van der Waals surface area contributed by atoms with Crippen molar-refractivity contribution in [1.82, 2.24) is 19.8 Å². The second-order valence-electron chi connectivity index (χ2n) is 5.10. The van der Waals surface area contributed by atoms with E-state index in [4.69, 9.17) is 0 Å². The van der Waals surface area contributed by atoms with Crippen LogP contribution in [0.2, 0.25) is 0 Å². The smallest absolute Gasteiger partial charge is 0.222 e. The third-order valence-corrected chi connectivity index (χ3v) is 3.65. The fraction of sp³-hybridized carbons (Fsp3) is 0.692. The van der Waals surface area contributed by atoms with Crippen LogP contribution in [0.4, 0.5) is 0 Å². The van der Waals surface area contributed by atoms with Gasteiger partial charge in [-0.2, -0.15) is 0 Å². The number of hydrogen-bond acceptors (Lipinski definition) is 3. The van der Waals surface area contributed by atoms with E-state index >= 15 is 0 Å². The maximum Gasteiger partial charge on any atom is 0.222 e. The lowest BCUT2D eigenvalue weighted by atomic mass is 9.94. The van der Waals surface area contributed by atoms with Gasteiger partial charge in [0.05, 0.1) is 6.54 Å². The van der Waals surface area contributed by atoms with Crippen molar-refractivity contribution in [3.05, 3.63) is 18.2 Å². The highest BCUT2D eigenvalue weighted by Gasteiger charge is 2.19. The Morgan fingerprint density at radius 2 is 2.28 bits per heavy atom. The molecule has 0 aliphatic carbocycles. The number of hydrogen-bond donors (Lipinski definition) is 1. The minimum Gasteiger partial charge on any atom is -0.338 e. The second kappa shape index (κ2) is 6.00. The normalized spacial score (nSPS) is 16.8. The van der Waals surface area contributed by atoms with E-state index in [0.717, 1.165) is 31.8 Å². The van der Waals surface area contributed by atoms with Crippen molar-refractivity contribution in [1.29, 1.82) is 0 Å². The van der Waals surface area contributed by atoms with E-state index < -0.39 is 0 Å². The highest BCUT2D eigenvalue weighted by Crippen LogP contribution is 2.17. The second-order valence-corrected chi connectivity index (χ2v) is 5.10. The third-order valence-electron chi connectivity index (χ3n) is 3.65. The van der Waals surface area contributed by atoms with Crippen LogP contribution in [0.3, 0.4) is 0 Å². The molecule has 0 unspecified atom stereocenters. The molecule has 1 fully saturated rings. The summed E-state index contributed by atoms with van der Waals surface area (Å²) in [4.78, 5) is 18.1. The number of piperidine rings is 1. The van der Waals surface area contributed by atoms with E-state index in [0.29, 0.717) is 18.9 Å². The Morgan fingerprint density at radius 1 is 1.56 bits per heavy atom. The molecule has 100 valence electrons. The lowest BCUT2D eigenvalue weighted by molar-refractivity contribution is -0.131. The molecule has 1 amide bonds. The predicted molar refractivity (Wildman–Crippen MR) is 69.9 cm³/mol. The van der Waals surface area contributed by atoms with Gasteiger partial charge in [-0.3, -0.25) is 4.79 Å². The Labute approximate surface area is 108 Å². The van der Waals surface area contributed by atoms with Crippen LogP contribution in [0.1, 0.15) is 25.1 Å². The van der Waals surface area contributed by atoms with Gasteiger partial charge in [-0.25, -0.2) is 4.98 Å². The molecular weight excluding hydrogens is 228 g/mol. The van der Waals surface area contributed by atoms with Crippen molar-refractivity contribution in [2.24, 2.45) is 13.0 Å². The summed E-state index contributed by atoms with van der Waals surface area (Å²) in [5, 5.41) is 3.32. The number of aryl methyl sites for hydroxylation is 1. The summed E-state index contributed by atoms with van der Waals surface area (Å²) >= 11 is 0. The lowest BCUT2D eigenvalue weighted by Gasteiger charge is -2.24. The molecule has 1 aliphatic heterocycles. The molecule has 0 spiro atoms. The summed E-state index contributed by atoms with van der Waals surface area (Å²) in [6, 6.07) is 0. The molecule has 0 saturated carbocycles. The van der Waals surface area contributed by atoms with Crippen molar-refractivity contribution >= 4 is 5.91 Å². The van der Waals surface area contributed by atoms with E-state index in [1.807, 2.05) is 24.9 Å². The molecule has 2 heterocycles. The van der Waals surface area contributed by atoms with Crippen LogP contribution in [0.5, 0.6) is 0 Å². The van der Waals surface area contributed by atoms with Crippen molar-refractivity contribution in [3.63, 3.8) is 0 Å². The standard InChI is InChI=1S/C13H22N4O/c1-16-8-7-15-12(16)10-17(2)13(18)9-11-3-5-14-6-4-11/h7-8,11,14H,3-6,9-10H2,1-2H3. The number of imidazole rings is 1. The van der Waals surface area contributed by atoms with Crippen LogP contribution >= 0.6 is 0 Å². The SMILES string of the molecule is CN(Cc1nccn1C)C(=O)CC1CCNCC1. The van der Waals surface area contributed by atoms with E-state index in [1.165, 1.54) is 0 Å². The number of amides is 1. The topological polar surface area (TPSA) is 50.2 Å². The first-order valence-corrected chi connectivity index (χ1v) is 6.57. The van der Waals surface area contributed by atoms with Gasteiger partial charge in [-0.05, 0) is 31.8 Å². The number of aromatic nitrogens is 2. The lowest BCUT2D eigenvalue weighted by Crippen LogP contribution is -2.33. The first-order valence-electron chi connectivity index (χ1n) is 6.57. The largest absolute Gasteiger partial charge is 0.338 e. The molecule has 1 aliphatic rings. The molecule has 0 radical (unpaired) electrons. The maximum absolute atomic E-state index is 12.1. The Balaban J connectivity index is 1.83. The van der Waals surface area contributed by atoms with Gasteiger partial charge in [0.15, 0.2) is 0 Å². The van der Waals surface area contributed by atoms with E-state index in [-0.39, 0.29) is 5.91 Å². The molecule has 1 aromatic rings. The van der Waals surface area contributed by atoms with Crippen LogP contribution in [0.15, 0.2) is 12.4 Å². The van der Waals surface area contributed by atoms with Crippen LogP contribution in [-0.2, 0) is 18.4 Å². The van der Waals surface area contributed by atoms with Crippen LogP contribution in [0, 0.1) is 5.92 Å². The molecule has 18 heavy (non-hydrogen) atoms. The average molecular weight is 250 g/mol. The first kappa shape index (κ1) is 13.1. The summed E-state index contributed by atoms with van der Waals surface area (Å²) in [5.41, 5.74) is 0. The van der Waals surface area contributed by atoms with Gasteiger partial charge in [0.1, 0.15) is 5.82 Å². The van der Waals surface area contributed by atoms with Crippen LogP contribution < -0.4 is 5.32 Å². The Kier molecular flexibility index (Phi) is 4.36. The molecule has 2 rings (SSSR count). The quantitative estimate of drug-likeness (QED) is 0.858. The summed E-state index contributed by atoms with van der Waals surface area (Å²) < 4.78 is 1.95. The van der Waals surface area contributed by atoms with E-state index in [1.54, 1.807) is 11.1 Å². The molecule has 5 nitrogen and oxygen atoms in total. The van der Waals surface area contributed by atoms with Crippen molar-refractivity contribution < 1.29 is 4.79 Å². The van der Waals surface area contributed by atoms with E-state index in [2.05, 4.69) is 10.3 Å². The van der Waals surface area contributed by atoms with Crippen LogP contribution in [-0.4, -0.2) is 40.5 Å². The zero-order valence-corrected chi connectivity index (χ0v) is 11.2. The molecule has 1 saturated heterocycles. The summed E-state index contributed by atoms with van der Waals surface area (Å²) in [7, 11) is 3.81. The van der Waals surface area contributed by atoms with Gasteiger partial charge in [0, 0.05) is 32.9 Å². The molecule has 1 aromatic heterocycles. The van der Waals surface area contributed by atoms with Crippen molar-refractivity contribution in [3.8, 4) is 0 Å². The molecular formula is C13H22N4O. The molecule has 0 bridgehead atoms. The summed E-state index contributed by atoms with van der Waals surface area (Å²) in [6.45, 7) is 2.68. The van der Waals surface area contributed by atoms with Crippen molar-refractivity contribution in [2.75, 3.05) is 20.1 Å². The highest BCUT2D eigenvalue weighted by molar-refractivity contribution is 5.76. The Bertz CT molecular complexity index is 395. The summed E-state index contributed by atoms with van der Waals surface area (Å²) in [5.74, 6) is 1.70. The van der Waals surface area contributed by atoms with Gasteiger partial charge < -0.3 is 14.8 Å². The molecule has 1 N–H and O–H groups in total. The van der Waals surface area contributed by atoms with Gasteiger partial charge >= 0.3 is 0 Å². The Morgan fingerprint density at radius 3 is 2.89 bits per heavy atom. The van der Waals surface area contributed by atoms with Crippen molar-refractivity contribution in [2.45, 2.75) is 25.8 Å². The first-order chi connectivity index (χ1) is 8.66. The zero-order chi connectivity index (χ0) is 13.0. The number of nitrogens with one attached hydrogen (secondary N) is 1. The number of carbonyl (C=O) groups is 1. The molecule has 0 atom stereocenters. The monoisotopic (exact) mass is 250 g/mol. The summed E-state index contributed by atoms with van der Waals surface area (Å²) in [6.07, 6.45) is 6.56. The molecule has 0 aromatic carbocycles. The minimum absolute atomic E-state index is 0.227. The fourth-order valence-corrected chi connectivity index (χ4v) is 2.34. The third kappa shape index (κ3) is 3.32. The number of rotatable bonds is 4. The minimum atomic E-state index is 0.227. The maximum atomic E-state index is 12.1. The van der Waals surface area contributed by atoms with Gasteiger partial charge in [-0.15, -0.1) is 0 Å². The highest BCUT2D eigenvalue weighted by atomic mass is 16.2. The predicted octanol–water partition coefficient (Wildman–Crippen LogP) is 0.768. The fourth-order valence-electron chi connectivity index (χ4n) is 2.34. The average Bonchev–Trinajstić information content (AvgIpc) is 2.76. The van der Waals surface area contributed by atoms with Gasteiger partial charge in [0.25, 0.3) is 0 Å².